The summed E-state index contributed by atoms with van der Waals surface area (Å²) in [6.07, 6.45) is -3.08. The van der Waals surface area contributed by atoms with Crippen molar-refractivity contribution in [3.05, 3.63) is 52.7 Å². The zero-order valence-electron chi connectivity index (χ0n) is 14.2. The van der Waals surface area contributed by atoms with Crippen LogP contribution in [-0.4, -0.2) is 43.0 Å². The van der Waals surface area contributed by atoms with Gasteiger partial charge in [0.15, 0.2) is 0 Å². The number of alkyl halides is 3. The van der Waals surface area contributed by atoms with Crippen LogP contribution in [0.5, 0.6) is 0 Å². The van der Waals surface area contributed by atoms with E-state index in [1.54, 1.807) is 0 Å². The third kappa shape index (κ3) is 5.60. The minimum absolute atomic E-state index is 0.0183. The van der Waals surface area contributed by atoms with Crippen molar-refractivity contribution in [3.8, 4) is 0 Å². The smallest absolute Gasteiger partial charge is 0.369 e. The van der Waals surface area contributed by atoms with Crippen molar-refractivity contribution in [2.45, 2.75) is 6.18 Å². The van der Waals surface area contributed by atoms with Crippen LogP contribution in [0.1, 0.15) is 15.9 Å². The van der Waals surface area contributed by atoms with Gasteiger partial charge in [-0.05, 0) is 44.4 Å². The van der Waals surface area contributed by atoms with E-state index in [1.807, 2.05) is 19.0 Å². The van der Waals surface area contributed by atoms with Crippen LogP contribution in [0, 0.1) is 0 Å². The van der Waals surface area contributed by atoms with E-state index in [0.717, 1.165) is 24.7 Å². The number of halogens is 4. The van der Waals surface area contributed by atoms with E-state index in [9.17, 15) is 18.0 Å². The number of anilines is 2. The molecule has 0 aliphatic heterocycles. The van der Waals surface area contributed by atoms with Crippen LogP contribution >= 0.6 is 11.6 Å². The van der Waals surface area contributed by atoms with E-state index in [1.165, 1.54) is 18.3 Å². The third-order valence-corrected chi connectivity index (χ3v) is 3.76. The Morgan fingerprint density at radius 2 is 1.96 bits per heavy atom. The van der Waals surface area contributed by atoms with Crippen LogP contribution in [0.15, 0.2) is 36.5 Å². The Labute approximate surface area is 154 Å². The molecule has 0 aliphatic carbocycles. The van der Waals surface area contributed by atoms with Gasteiger partial charge in [-0.1, -0.05) is 11.6 Å². The van der Waals surface area contributed by atoms with Crippen molar-refractivity contribution in [2.24, 2.45) is 0 Å². The Kier molecular flexibility index (Phi) is 6.44. The second kappa shape index (κ2) is 8.37. The number of carbonyl (C=O) groups excluding carboxylic acids is 1. The molecule has 140 valence electrons. The molecule has 0 aliphatic rings. The van der Waals surface area contributed by atoms with Gasteiger partial charge < -0.3 is 15.5 Å². The lowest BCUT2D eigenvalue weighted by Gasteiger charge is -2.13. The lowest BCUT2D eigenvalue weighted by molar-refractivity contribution is -0.137. The fraction of sp³-hybridized carbons (Fsp3) is 0.294. The summed E-state index contributed by atoms with van der Waals surface area (Å²) in [6.45, 7) is 1.41. The molecule has 0 atom stereocenters. The van der Waals surface area contributed by atoms with Gasteiger partial charge in [-0.15, -0.1) is 0 Å². The summed E-state index contributed by atoms with van der Waals surface area (Å²) in [6, 6.07) is 5.75. The summed E-state index contributed by atoms with van der Waals surface area (Å²) in [5.74, 6) is -0.0843. The maximum atomic E-state index is 12.8. The average Bonchev–Trinajstić information content (AvgIpc) is 2.55. The van der Waals surface area contributed by atoms with Crippen LogP contribution in [0.4, 0.5) is 24.7 Å². The van der Waals surface area contributed by atoms with Gasteiger partial charge in [0, 0.05) is 24.8 Å². The number of likely N-dealkylation sites (N-methyl/N-ethyl adjacent to an activating group) is 1. The first-order valence-electron chi connectivity index (χ1n) is 7.69. The maximum Gasteiger partial charge on any atom is 0.416 e. The number of aromatic nitrogens is 1. The molecule has 1 aromatic carbocycles. The molecule has 1 heterocycles. The van der Waals surface area contributed by atoms with Gasteiger partial charge in [0.1, 0.15) is 5.82 Å². The number of rotatable bonds is 6. The number of amides is 1. The summed E-state index contributed by atoms with van der Waals surface area (Å²) in [5.41, 5.74) is -0.746. The van der Waals surface area contributed by atoms with E-state index in [2.05, 4.69) is 15.6 Å². The predicted octanol–water partition coefficient (Wildman–Crippen LogP) is 3.98. The standard InChI is InChI=1S/C17H18ClF3N4O/c1-25(2)8-7-23-15-9-11(5-6-22-15)16(26)24-14-10-12(17(19,20)21)3-4-13(14)18/h3-6,9-10H,7-8H2,1-2H3,(H,22,23)(H,24,26). The highest BCUT2D eigenvalue weighted by Crippen LogP contribution is 2.34. The molecule has 2 rings (SSSR count). The van der Waals surface area contributed by atoms with Gasteiger partial charge in [0.2, 0.25) is 0 Å². The Hall–Kier alpha value is -2.32. The summed E-state index contributed by atoms with van der Waals surface area (Å²) in [7, 11) is 3.86. The summed E-state index contributed by atoms with van der Waals surface area (Å²) in [4.78, 5) is 18.4. The monoisotopic (exact) mass is 386 g/mol. The normalized spacial score (nSPS) is 11.5. The number of carbonyl (C=O) groups is 1. The maximum absolute atomic E-state index is 12.8. The molecule has 0 fully saturated rings. The molecule has 0 bridgehead atoms. The molecule has 1 aromatic heterocycles. The zero-order valence-corrected chi connectivity index (χ0v) is 14.9. The van der Waals surface area contributed by atoms with Crippen molar-refractivity contribution in [3.63, 3.8) is 0 Å². The van der Waals surface area contributed by atoms with Crippen LogP contribution < -0.4 is 10.6 Å². The van der Waals surface area contributed by atoms with Gasteiger partial charge in [-0.25, -0.2) is 4.98 Å². The second-order valence-corrected chi connectivity index (χ2v) is 6.21. The first-order chi connectivity index (χ1) is 12.2. The van der Waals surface area contributed by atoms with Gasteiger partial charge in [0.25, 0.3) is 5.91 Å². The summed E-state index contributed by atoms with van der Waals surface area (Å²) in [5, 5.41) is 5.49. The number of hydrogen-bond acceptors (Lipinski definition) is 4. The van der Waals surface area contributed by atoms with Crippen LogP contribution in [0.3, 0.4) is 0 Å². The second-order valence-electron chi connectivity index (χ2n) is 5.81. The highest BCUT2D eigenvalue weighted by atomic mass is 35.5. The molecular weight excluding hydrogens is 369 g/mol. The van der Waals surface area contributed by atoms with Gasteiger partial charge in [-0.2, -0.15) is 13.2 Å². The Balaban J connectivity index is 2.13. The van der Waals surface area contributed by atoms with E-state index < -0.39 is 17.6 Å². The molecule has 26 heavy (non-hydrogen) atoms. The Bertz CT molecular complexity index is 781. The number of pyridine rings is 1. The highest BCUT2D eigenvalue weighted by molar-refractivity contribution is 6.34. The molecule has 5 nitrogen and oxygen atoms in total. The molecule has 2 aromatic rings. The fourth-order valence-electron chi connectivity index (χ4n) is 2.07. The van der Waals surface area contributed by atoms with E-state index in [-0.39, 0.29) is 16.3 Å². The molecule has 0 radical (unpaired) electrons. The van der Waals surface area contributed by atoms with E-state index in [4.69, 9.17) is 11.6 Å². The van der Waals surface area contributed by atoms with E-state index >= 15 is 0 Å². The van der Waals surface area contributed by atoms with Gasteiger partial charge >= 0.3 is 6.18 Å². The van der Waals surface area contributed by atoms with Crippen molar-refractivity contribution in [1.29, 1.82) is 0 Å². The van der Waals surface area contributed by atoms with E-state index in [0.29, 0.717) is 12.4 Å². The van der Waals surface area contributed by atoms with Gasteiger partial charge in [-0.3, -0.25) is 4.79 Å². The largest absolute Gasteiger partial charge is 0.416 e. The molecule has 0 saturated heterocycles. The van der Waals surface area contributed by atoms with Crippen LogP contribution in [-0.2, 0) is 6.18 Å². The van der Waals surface area contributed by atoms with Crippen molar-refractivity contribution in [1.82, 2.24) is 9.88 Å². The average molecular weight is 387 g/mol. The number of benzene rings is 1. The summed E-state index contributed by atoms with van der Waals surface area (Å²) >= 11 is 5.90. The molecule has 0 spiro atoms. The van der Waals surface area contributed by atoms with Gasteiger partial charge in [0.05, 0.1) is 16.3 Å². The molecule has 0 unspecified atom stereocenters. The van der Waals surface area contributed by atoms with Crippen LogP contribution in [0.25, 0.3) is 0 Å². The lowest BCUT2D eigenvalue weighted by Crippen LogP contribution is -2.21. The minimum Gasteiger partial charge on any atom is -0.369 e. The summed E-state index contributed by atoms with van der Waals surface area (Å²) < 4.78 is 38.4. The first kappa shape index (κ1) is 20.0. The third-order valence-electron chi connectivity index (χ3n) is 3.43. The fourth-order valence-corrected chi connectivity index (χ4v) is 2.23. The Morgan fingerprint density at radius 3 is 2.62 bits per heavy atom. The zero-order chi connectivity index (χ0) is 19.3. The number of hydrogen-bond donors (Lipinski definition) is 2. The molecule has 9 heteroatoms. The molecular formula is C17H18ClF3N4O. The topological polar surface area (TPSA) is 57.3 Å². The first-order valence-corrected chi connectivity index (χ1v) is 8.07. The Morgan fingerprint density at radius 1 is 1.23 bits per heavy atom. The SMILES string of the molecule is CN(C)CCNc1cc(C(=O)Nc2cc(C(F)(F)F)ccc2Cl)ccn1. The molecule has 0 saturated carbocycles. The predicted molar refractivity (Wildman–Crippen MR) is 95.7 cm³/mol. The quantitative estimate of drug-likeness (QED) is 0.788. The molecule has 2 N–H and O–H groups in total. The highest BCUT2D eigenvalue weighted by Gasteiger charge is 2.31. The number of nitrogens with zero attached hydrogens (tertiary/aromatic N) is 2. The van der Waals surface area contributed by atoms with Crippen molar-refractivity contribution >= 4 is 29.0 Å². The number of nitrogens with one attached hydrogen (secondary N) is 2. The van der Waals surface area contributed by atoms with Crippen molar-refractivity contribution in [2.75, 3.05) is 37.8 Å². The van der Waals surface area contributed by atoms with Crippen LogP contribution in [0.2, 0.25) is 5.02 Å². The molecule has 1 amide bonds. The lowest BCUT2D eigenvalue weighted by atomic mass is 10.1. The minimum atomic E-state index is -4.52. The van der Waals surface area contributed by atoms with Crippen molar-refractivity contribution < 1.29 is 18.0 Å².